The molecule has 0 bridgehead atoms. The summed E-state index contributed by atoms with van der Waals surface area (Å²) in [6.07, 6.45) is 0.881. The van der Waals surface area contributed by atoms with Gasteiger partial charge in [0, 0.05) is 24.9 Å². The summed E-state index contributed by atoms with van der Waals surface area (Å²) in [6, 6.07) is 16.9. The van der Waals surface area contributed by atoms with Gasteiger partial charge in [0.1, 0.15) is 18.5 Å². The molecule has 0 amide bonds. The second kappa shape index (κ2) is 12.5. The first-order valence-electron chi connectivity index (χ1n) is 17.4. The second-order valence-corrected chi connectivity index (χ2v) is 20.7. The average Bonchev–Trinajstić information content (AvgIpc) is 3.33. The van der Waals surface area contributed by atoms with E-state index in [1.54, 1.807) is 31.4 Å². The number of carbonyl (C=O) groups is 2. The van der Waals surface area contributed by atoms with Crippen molar-refractivity contribution in [3.8, 4) is 5.75 Å². The third-order valence-electron chi connectivity index (χ3n) is 13.7. The Hall–Kier alpha value is -2.76. The standard InChI is InChI=1S/C38H52O9Si/c1-24(40)46-23-37-32(47-34(42)25-11-13-27(45-3)14-12-25)19-29(48(4,5)28-9-7-6-8-10-28)20-36(37,43)17-16-30-33(37)31(41)21-35(2)26(22-39)15-18-38(30,35)44/h6-14,26,29-33,39,41,43-44H,15-23H2,1-5H3/t26-,29+,30-,31-,32-,33-,35-,36+,37-,38+/m1/s1. The highest BCUT2D eigenvalue weighted by Gasteiger charge is 2.76. The highest BCUT2D eigenvalue weighted by atomic mass is 28.3. The van der Waals surface area contributed by atoms with Gasteiger partial charge < -0.3 is 34.6 Å². The van der Waals surface area contributed by atoms with Gasteiger partial charge >= 0.3 is 11.9 Å². The van der Waals surface area contributed by atoms with Gasteiger partial charge in [-0.05, 0) is 86.6 Å². The minimum Gasteiger partial charge on any atom is -0.497 e. The van der Waals surface area contributed by atoms with Crippen molar-refractivity contribution in [3.05, 3.63) is 60.2 Å². The molecule has 9 nitrogen and oxygen atoms in total. The van der Waals surface area contributed by atoms with Gasteiger partial charge in [-0.1, -0.05) is 55.5 Å². The van der Waals surface area contributed by atoms with E-state index in [2.05, 4.69) is 25.2 Å². The lowest BCUT2D eigenvalue weighted by Gasteiger charge is -2.69. The highest BCUT2D eigenvalue weighted by molar-refractivity contribution is 6.91. The van der Waals surface area contributed by atoms with Crippen molar-refractivity contribution in [2.75, 3.05) is 20.3 Å². The molecule has 0 aliphatic heterocycles. The van der Waals surface area contributed by atoms with Crippen LogP contribution in [0.5, 0.6) is 5.75 Å². The smallest absolute Gasteiger partial charge is 0.338 e. The molecule has 262 valence electrons. The fourth-order valence-electron chi connectivity index (χ4n) is 10.8. The molecule has 48 heavy (non-hydrogen) atoms. The highest BCUT2D eigenvalue weighted by Crippen LogP contribution is 2.71. The molecule has 0 unspecified atom stereocenters. The third kappa shape index (κ3) is 5.25. The summed E-state index contributed by atoms with van der Waals surface area (Å²) in [5, 5.41) is 49.7. The van der Waals surface area contributed by atoms with Gasteiger partial charge in [0.15, 0.2) is 0 Å². The number of esters is 2. The maximum atomic E-state index is 14.0. The molecule has 10 atom stereocenters. The lowest BCUT2D eigenvalue weighted by atomic mass is 9.40. The Morgan fingerprint density at radius 3 is 2.29 bits per heavy atom. The summed E-state index contributed by atoms with van der Waals surface area (Å²) in [7, 11) is -0.752. The fourth-order valence-corrected chi connectivity index (χ4v) is 14.0. The van der Waals surface area contributed by atoms with Crippen LogP contribution in [0.2, 0.25) is 18.6 Å². The lowest BCUT2D eigenvalue weighted by molar-refractivity contribution is -0.310. The molecule has 0 aromatic heterocycles. The van der Waals surface area contributed by atoms with Crippen LogP contribution in [0.1, 0.15) is 69.2 Å². The SMILES string of the molecule is COc1ccc(C(=O)O[C@@H]2C[C@H]([Si](C)(C)c3ccccc3)C[C@@]3(O)CC[C@@H]4[C@H]([C@H](O)C[C@]5(C)[C@@H](CO)CC[C@]45O)[C@@]23COC(C)=O)cc1. The van der Waals surface area contributed by atoms with Crippen LogP contribution >= 0.6 is 0 Å². The maximum Gasteiger partial charge on any atom is 0.338 e. The van der Waals surface area contributed by atoms with Crippen LogP contribution in [0.15, 0.2) is 54.6 Å². The number of carbonyl (C=O) groups excluding carboxylic acids is 2. The molecule has 0 radical (unpaired) electrons. The van der Waals surface area contributed by atoms with Gasteiger partial charge in [-0.15, -0.1) is 0 Å². The molecule has 2 aromatic rings. The van der Waals surface area contributed by atoms with Crippen LogP contribution in [0, 0.1) is 28.6 Å². The van der Waals surface area contributed by atoms with E-state index in [1.807, 2.05) is 25.1 Å². The van der Waals surface area contributed by atoms with E-state index in [0.29, 0.717) is 43.4 Å². The van der Waals surface area contributed by atoms with E-state index in [1.165, 1.54) is 12.1 Å². The number of aliphatic hydroxyl groups is 4. The molecule has 4 aliphatic rings. The van der Waals surface area contributed by atoms with Crippen molar-refractivity contribution in [1.29, 1.82) is 0 Å². The van der Waals surface area contributed by atoms with Crippen molar-refractivity contribution in [3.63, 3.8) is 0 Å². The monoisotopic (exact) mass is 680 g/mol. The molecule has 4 aliphatic carbocycles. The minimum absolute atomic E-state index is 0.0140. The van der Waals surface area contributed by atoms with Crippen LogP contribution in [0.4, 0.5) is 0 Å². The maximum absolute atomic E-state index is 14.0. The number of ether oxygens (including phenoxy) is 3. The number of rotatable bonds is 8. The quantitative estimate of drug-likeness (QED) is 0.238. The van der Waals surface area contributed by atoms with E-state index in [9.17, 15) is 30.0 Å². The molecule has 2 aromatic carbocycles. The zero-order valence-corrected chi connectivity index (χ0v) is 29.9. The molecule has 0 spiro atoms. The first-order valence-corrected chi connectivity index (χ1v) is 20.5. The molecular formula is C38H52O9Si. The summed E-state index contributed by atoms with van der Waals surface area (Å²) >= 11 is 0. The number of aliphatic hydroxyl groups excluding tert-OH is 2. The summed E-state index contributed by atoms with van der Waals surface area (Å²) in [5.41, 5.74) is -4.54. The molecule has 6 rings (SSSR count). The number of hydrogen-bond donors (Lipinski definition) is 4. The van der Waals surface area contributed by atoms with Crippen LogP contribution in [0.25, 0.3) is 0 Å². The summed E-state index contributed by atoms with van der Waals surface area (Å²) < 4.78 is 17.7. The minimum atomic E-state index is -2.30. The van der Waals surface area contributed by atoms with E-state index in [0.717, 1.165) is 0 Å². The van der Waals surface area contributed by atoms with E-state index in [-0.39, 0.29) is 37.5 Å². The van der Waals surface area contributed by atoms with Gasteiger partial charge in [-0.25, -0.2) is 4.79 Å². The van der Waals surface area contributed by atoms with Crippen LogP contribution in [-0.2, 0) is 14.3 Å². The Morgan fingerprint density at radius 2 is 1.67 bits per heavy atom. The van der Waals surface area contributed by atoms with Gasteiger partial charge in [0.25, 0.3) is 0 Å². The molecule has 4 N–H and O–H groups in total. The van der Waals surface area contributed by atoms with Crippen molar-refractivity contribution < 1.29 is 44.2 Å². The third-order valence-corrected chi connectivity index (χ3v) is 18.0. The lowest BCUT2D eigenvalue weighted by Crippen LogP contribution is -2.76. The van der Waals surface area contributed by atoms with Crippen molar-refractivity contribution in [2.24, 2.45) is 28.6 Å². The summed E-state index contributed by atoms with van der Waals surface area (Å²) in [5.74, 6) is -1.91. The van der Waals surface area contributed by atoms with Crippen molar-refractivity contribution in [1.82, 2.24) is 0 Å². The first-order chi connectivity index (χ1) is 22.7. The Labute approximate surface area is 284 Å². The van der Waals surface area contributed by atoms with Crippen LogP contribution in [0.3, 0.4) is 0 Å². The summed E-state index contributed by atoms with van der Waals surface area (Å²) in [4.78, 5) is 26.6. The van der Waals surface area contributed by atoms with Crippen LogP contribution < -0.4 is 9.92 Å². The predicted octanol–water partition coefficient (Wildman–Crippen LogP) is 4.21. The van der Waals surface area contributed by atoms with E-state index < -0.39 is 66.1 Å². The van der Waals surface area contributed by atoms with Gasteiger partial charge in [0.05, 0.1) is 43.5 Å². The number of fused-ring (bicyclic) bond motifs is 5. The van der Waals surface area contributed by atoms with Gasteiger partial charge in [0.2, 0.25) is 0 Å². The van der Waals surface area contributed by atoms with Crippen LogP contribution in [-0.4, -0.2) is 84.2 Å². The Morgan fingerprint density at radius 1 is 0.979 bits per heavy atom. The molecule has 0 saturated heterocycles. The first kappa shape index (κ1) is 35.1. The van der Waals surface area contributed by atoms with Gasteiger partial charge in [-0.3, -0.25) is 4.79 Å². The van der Waals surface area contributed by atoms with E-state index in [4.69, 9.17) is 14.2 Å². The number of benzene rings is 2. The molecule has 4 saturated carbocycles. The fraction of sp³-hybridized carbons (Fsp3) is 0.632. The normalized spacial score (nSPS) is 39.0. The summed E-state index contributed by atoms with van der Waals surface area (Å²) in [6.45, 7) is 7.49. The molecule has 0 heterocycles. The molecule has 10 heteroatoms. The van der Waals surface area contributed by atoms with Crippen molar-refractivity contribution in [2.45, 2.75) is 101 Å². The zero-order chi connectivity index (χ0) is 34.7. The topological polar surface area (TPSA) is 143 Å². The molecule has 4 fully saturated rings. The largest absolute Gasteiger partial charge is 0.497 e. The Balaban J connectivity index is 1.50. The molecular weight excluding hydrogens is 628 g/mol. The number of methoxy groups -OCH3 is 1. The second-order valence-electron chi connectivity index (χ2n) is 15.9. The predicted molar refractivity (Wildman–Crippen MR) is 182 cm³/mol. The van der Waals surface area contributed by atoms with Crippen molar-refractivity contribution >= 4 is 25.2 Å². The van der Waals surface area contributed by atoms with E-state index >= 15 is 0 Å². The van der Waals surface area contributed by atoms with Gasteiger partial charge in [-0.2, -0.15) is 0 Å². The Bertz CT molecular complexity index is 1500. The zero-order valence-electron chi connectivity index (χ0n) is 28.9. The Kier molecular flexibility index (Phi) is 9.16. The number of hydrogen-bond acceptors (Lipinski definition) is 9. The average molecular weight is 681 g/mol.